The van der Waals surface area contributed by atoms with Crippen LogP contribution in [-0.2, 0) is 14.3 Å². The number of nitrogens with zero attached hydrogens (tertiary/aromatic N) is 1. The molecule has 0 radical (unpaired) electrons. The van der Waals surface area contributed by atoms with Crippen LogP contribution in [0.15, 0.2) is 34.8 Å². The number of Topliss-reactive ketones (excluding diaryl/α,β-unsaturated/α-hetero) is 2. The molecule has 0 atom stereocenters. The van der Waals surface area contributed by atoms with Crippen molar-refractivity contribution in [3.05, 3.63) is 55.5 Å². The lowest BCUT2D eigenvalue weighted by molar-refractivity contribution is -0.398. The van der Waals surface area contributed by atoms with Crippen LogP contribution in [-0.4, -0.2) is 16.5 Å². The molecule has 0 bridgehead atoms. The minimum atomic E-state index is -1.00. The molecule has 1 aliphatic heterocycles. The second kappa shape index (κ2) is 6.92. The molecule has 8 heteroatoms. The molecule has 1 aromatic rings. The molecule has 0 spiro atoms. The van der Waals surface area contributed by atoms with Gasteiger partial charge in [0.05, 0.1) is 4.92 Å². The Morgan fingerprint density at radius 1 is 0.968 bits per heavy atom. The van der Waals surface area contributed by atoms with Crippen molar-refractivity contribution in [3.63, 3.8) is 0 Å². The average Bonchev–Trinajstić information content (AvgIpc) is 2.59. The Morgan fingerprint density at radius 2 is 1.45 bits per heavy atom. The minimum Gasteiger partial charge on any atom is -0.868 e. The number of nitro groups is 1. The van der Waals surface area contributed by atoms with Gasteiger partial charge < -0.3 is 9.84 Å². The number of hydrogen-bond acceptors (Lipinski definition) is 6. The van der Waals surface area contributed by atoms with Gasteiger partial charge in [-0.15, -0.1) is 0 Å². The van der Waals surface area contributed by atoms with Crippen LogP contribution in [0.4, 0.5) is 5.69 Å². The van der Waals surface area contributed by atoms with E-state index >= 15 is 0 Å². The second-order valence-electron chi connectivity index (χ2n) is 10.2. The molecule has 1 heterocycles. The summed E-state index contributed by atoms with van der Waals surface area (Å²) in [5, 5.41) is 24.5. The Balaban J connectivity index is 2.00. The highest BCUT2D eigenvalue weighted by Crippen LogP contribution is 2.55. The van der Waals surface area contributed by atoms with Crippen molar-refractivity contribution >= 4 is 28.9 Å². The first-order valence-corrected chi connectivity index (χ1v) is 10.5. The van der Waals surface area contributed by atoms with Gasteiger partial charge in [0.15, 0.2) is 11.6 Å². The molecule has 0 saturated heterocycles. The fraction of sp³-hybridized carbons (Fsp3) is 0.478. The Morgan fingerprint density at radius 3 is 1.90 bits per heavy atom. The van der Waals surface area contributed by atoms with E-state index in [1.165, 1.54) is 6.07 Å². The standard InChI is InChI=1S/C23H24ClNO6/c1-22(2)7-14(26)19-16(9-22)31-17-10-23(3,4)8-15(27)20(17)18(19)12-5-11(24)6-13(21(12)28)25(29)30/h5-6,18,28H,7-10H2,1-4H3/p-1. The molecule has 1 aromatic carbocycles. The number of hydrogen-bond donors (Lipinski definition) is 0. The van der Waals surface area contributed by atoms with Crippen LogP contribution in [0.1, 0.15) is 64.9 Å². The molecular formula is C23H23ClNO6-. The highest BCUT2D eigenvalue weighted by atomic mass is 35.5. The molecule has 3 aliphatic rings. The van der Waals surface area contributed by atoms with Gasteiger partial charge in [0.1, 0.15) is 11.5 Å². The molecule has 0 unspecified atom stereocenters. The molecule has 4 rings (SSSR count). The third-order valence-corrected chi connectivity index (χ3v) is 6.37. The Kier molecular flexibility index (Phi) is 4.81. The van der Waals surface area contributed by atoms with Crippen LogP contribution in [0, 0.1) is 20.9 Å². The van der Waals surface area contributed by atoms with E-state index in [4.69, 9.17) is 16.3 Å². The van der Waals surface area contributed by atoms with Crippen molar-refractivity contribution in [2.75, 3.05) is 0 Å². The van der Waals surface area contributed by atoms with Gasteiger partial charge in [0, 0.05) is 53.8 Å². The van der Waals surface area contributed by atoms with Crippen molar-refractivity contribution in [1.82, 2.24) is 0 Å². The van der Waals surface area contributed by atoms with Gasteiger partial charge in [-0.05, 0) is 28.2 Å². The predicted octanol–water partition coefficient (Wildman–Crippen LogP) is 4.72. The molecular weight excluding hydrogens is 422 g/mol. The number of nitro benzene ring substituents is 1. The summed E-state index contributed by atoms with van der Waals surface area (Å²) < 4.78 is 6.15. The van der Waals surface area contributed by atoms with Crippen molar-refractivity contribution in [2.45, 2.75) is 59.3 Å². The highest BCUT2D eigenvalue weighted by Gasteiger charge is 2.48. The van der Waals surface area contributed by atoms with Crippen molar-refractivity contribution < 1.29 is 24.4 Å². The van der Waals surface area contributed by atoms with E-state index in [1.54, 1.807) is 0 Å². The minimum absolute atomic E-state index is 0.00395. The lowest BCUT2D eigenvalue weighted by Crippen LogP contribution is -2.37. The average molecular weight is 445 g/mol. The number of ether oxygens (including phenoxy) is 1. The summed E-state index contributed by atoms with van der Waals surface area (Å²) in [7, 11) is 0. The zero-order chi connectivity index (χ0) is 22.9. The predicted molar refractivity (Wildman–Crippen MR) is 111 cm³/mol. The van der Waals surface area contributed by atoms with E-state index in [2.05, 4.69) is 0 Å². The summed E-state index contributed by atoms with van der Waals surface area (Å²) >= 11 is 6.12. The van der Waals surface area contributed by atoms with E-state index in [9.17, 15) is 24.8 Å². The van der Waals surface area contributed by atoms with Gasteiger partial charge in [0.2, 0.25) is 0 Å². The van der Waals surface area contributed by atoms with E-state index in [1.807, 2.05) is 27.7 Å². The monoisotopic (exact) mass is 444 g/mol. The number of benzene rings is 1. The first-order valence-electron chi connectivity index (χ1n) is 10.1. The Labute approximate surface area is 184 Å². The number of allylic oxidation sites excluding steroid dienone is 4. The maximum absolute atomic E-state index is 13.2. The zero-order valence-corrected chi connectivity index (χ0v) is 18.6. The highest BCUT2D eigenvalue weighted by molar-refractivity contribution is 6.31. The summed E-state index contributed by atoms with van der Waals surface area (Å²) in [4.78, 5) is 37.1. The summed E-state index contributed by atoms with van der Waals surface area (Å²) in [6.45, 7) is 7.82. The molecule has 0 amide bonds. The van der Waals surface area contributed by atoms with Crippen LogP contribution in [0.3, 0.4) is 0 Å². The quantitative estimate of drug-likeness (QED) is 0.482. The summed E-state index contributed by atoms with van der Waals surface area (Å²) in [5.74, 6) is -1.40. The molecule has 2 aliphatic carbocycles. The normalized spacial score (nSPS) is 22.7. The number of ketones is 2. The van der Waals surface area contributed by atoms with E-state index in [0.717, 1.165) is 6.07 Å². The first kappa shape index (κ1) is 21.6. The fourth-order valence-electron chi connectivity index (χ4n) is 4.94. The number of halogens is 1. The Hall–Kier alpha value is -2.67. The van der Waals surface area contributed by atoms with Crippen LogP contribution >= 0.6 is 11.6 Å². The zero-order valence-electron chi connectivity index (χ0n) is 17.8. The largest absolute Gasteiger partial charge is 0.868 e. The number of carbonyl (C=O) groups excluding carboxylic acids is 2. The van der Waals surface area contributed by atoms with Gasteiger partial charge in [-0.1, -0.05) is 39.3 Å². The first-order chi connectivity index (χ1) is 14.3. The second-order valence-corrected chi connectivity index (χ2v) is 10.6. The van der Waals surface area contributed by atoms with E-state index in [-0.39, 0.29) is 57.0 Å². The lowest BCUT2D eigenvalue weighted by Gasteiger charge is -2.43. The molecule has 7 nitrogen and oxygen atoms in total. The fourth-order valence-corrected chi connectivity index (χ4v) is 5.16. The topological polar surface area (TPSA) is 110 Å². The summed E-state index contributed by atoms with van der Waals surface area (Å²) in [6.07, 6.45) is 1.38. The van der Waals surface area contributed by atoms with Crippen LogP contribution in [0.5, 0.6) is 5.75 Å². The van der Waals surface area contributed by atoms with E-state index in [0.29, 0.717) is 24.4 Å². The molecule has 0 saturated carbocycles. The smallest absolute Gasteiger partial charge is 0.263 e. The molecule has 0 N–H and O–H groups in total. The third-order valence-electron chi connectivity index (χ3n) is 6.15. The molecule has 0 fully saturated rings. The van der Waals surface area contributed by atoms with Gasteiger partial charge >= 0.3 is 0 Å². The molecule has 0 aromatic heterocycles. The van der Waals surface area contributed by atoms with Gasteiger partial charge in [-0.2, -0.15) is 0 Å². The van der Waals surface area contributed by atoms with Crippen LogP contribution in [0.2, 0.25) is 5.02 Å². The SMILES string of the molecule is CC1(C)CC(=O)C2=C(C1)OC1=C(C(=O)CC(C)(C)C1)C2c1cc(Cl)cc([N+](=O)[O-])c1[O-]. The number of rotatable bonds is 2. The van der Waals surface area contributed by atoms with Gasteiger partial charge in [-0.3, -0.25) is 19.7 Å². The molecule has 31 heavy (non-hydrogen) atoms. The summed E-state index contributed by atoms with van der Waals surface area (Å²) in [6, 6.07) is 2.33. The van der Waals surface area contributed by atoms with Crippen molar-refractivity contribution in [2.24, 2.45) is 10.8 Å². The lowest BCUT2D eigenvalue weighted by atomic mass is 9.65. The van der Waals surface area contributed by atoms with E-state index < -0.39 is 22.3 Å². The van der Waals surface area contributed by atoms with Crippen molar-refractivity contribution in [3.8, 4) is 5.75 Å². The molecule has 164 valence electrons. The maximum atomic E-state index is 13.2. The maximum Gasteiger partial charge on any atom is 0.263 e. The number of carbonyl (C=O) groups is 2. The van der Waals surface area contributed by atoms with Crippen LogP contribution in [0.25, 0.3) is 0 Å². The van der Waals surface area contributed by atoms with Crippen molar-refractivity contribution in [1.29, 1.82) is 0 Å². The third kappa shape index (κ3) is 3.65. The van der Waals surface area contributed by atoms with Crippen LogP contribution < -0.4 is 5.11 Å². The van der Waals surface area contributed by atoms with Gasteiger partial charge in [0.25, 0.3) is 5.69 Å². The summed E-state index contributed by atoms with van der Waals surface area (Å²) in [5.41, 5.74) is -0.880. The Bertz CT molecular complexity index is 1060. The van der Waals surface area contributed by atoms with Gasteiger partial charge in [-0.25, -0.2) is 0 Å².